The van der Waals surface area contributed by atoms with E-state index in [0.29, 0.717) is 5.56 Å². The van der Waals surface area contributed by atoms with Gasteiger partial charge in [-0.05, 0) is 35.9 Å². The fraction of sp³-hybridized carbons (Fsp3) is 0.125. The SMILES string of the molecule is NS(=O)(=O)c1cccc(NC(=O)COC(=O)c2ccc(CO)cc2)c1. The van der Waals surface area contributed by atoms with Crippen LogP contribution in [0.1, 0.15) is 15.9 Å². The molecule has 1 amide bonds. The summed E-state index contributed by atoms with van der Waals surface area (Å²) in [6, 6.07) is 11.5. The predicted octanol–water partition coefficient (Wildman–Crippen LogP) is 0.622. The van der Waals surface area contributed by atoms with Crippen LogP contribution >= 0.6 is 0 Å². The summed E-state index contributed by atoms with van der Waals surface area (Å²) >= 11 is 0. The molecule has 0 fully saturated rings. The molecule has 0 bridgehead atoms. The van der Waals surface area contributed by atoms with Crippen LogP contribution in [0.5, 0.6) is 0 Å². The van der Waals surface area contributed by atoms with Crippen LogP contribution in [0.4, 0.5) is 5.69 Å². The maximum Gasteiger partial charge on any atom is 0.338 e. The Morgan fingerprint density at radius 1 is 1.12 bits per heavy atom. The molecule has 0 aromatic heterocycles. The molecular weight excluding hydrogens is 348 g/mol. The van der Waals surface area contributed by atoms with Gasteiger partial charge in [0.05, 0.1) is 17.1 Å². The van der Waals surface area contributed by atoms with Crippen molar-refractivity contribution in [2.24, 2.45) is 5.14 Å². The van der Waals surface area contributed by atoms with E-state index in [4.69, 9.17) is 15.0 Å². The van der Waals surface area contributed by atoms with Gasteiger partial charge in [0.25, 0.3) is 5.91 Å². The maximum absolute atomic E-state index is 11.8. The summed E-state index contributed by atoms with van der Waals surface area (Å²) < 4.78 is 27.4. The number of hydrogen-bond acceptors (Lipinski definition) is 6. The van der Waals surface area contributed by atoms with Gasteiger partial charge in [0, 0.05) is 5.69 Å². The molecule has 0 saturated carbocycles. The molecule has 25 heavy (non-hydrogen) atoms. The molecule has 0 unspecified atom stereocenters. The van der Waals surface area contributed by atoms with Gasteiger partial charge >= 0.3 is 5.97 Å². The number of benzene rings is 2. The summed E-state index contributed by atoms with van der Waals surface area (Å²) in [5, 5.41) is 16.4. The van der Waals surface area contributed by atoms with Crippen LogP contribution in [-0.2, 0) is 26.2 Å². The number of primary sulfonamides is 1. The van der Waals surface area contributed by atoms with E-state index in [-0.39, 0.29) is 22.8 Å². The van der Waals surface area contributed by atoms with Gasteiger partial charge < -0.3 is 15.2 Å². The molecule has 0 atom stereocenters. The second-order valence-corrected chi connectivity index (χ2v) is 6.61. The molecule has 0 aliphatic rings. The van der Waals surface area contributed by atoms with E-state index in [1.165, 1.54) is 36.4 Å². The molecule has 0 aliphatic carbocycles. The minimum Gasteiger partial charge on any atom is -0.452 e. The van der Waals surface area contributed by atoms with E-state index in [1.807, 2.05) is 0 Å². The predicted molar refractivity (Wildman–Crippen MR) is 89.1 cm³/mol. The second kappa shape index (κ2) is 7.88. The average Bonchev–Trinajstić information content (AvgIpc) is 2.59. The van der Waals surface area contributed by atoms with Crippen LogP contribution in [0.15, 0.2) is 53.4 Å². The smallest absolute Gasteiger partial charge is 0.338 e. The lowest BCUT2D eigenvalue weighted by Gasteiger charge is -2.08. The minimum atomic E-state index is -3.88. The number of nitrogens with two attached hydrogens (primary N) is 1. The Balaban J connectivity index is 1.93. The third-order valence-corrected chi connectivity index (χ3v) is 4.06. The number of carbonyl (C=O) groups excluding carboxylic acids is 2. The molecule has 0 aliphatic heterocycles. The molecule has 2 aromatic carbocycles. The van der Waals surface area contributed by atoms with Crippen molar-refractivity contribution in [1.82, 2.24) is 0 Å². The number of sulfonamides is 1. The van der Waals surface area contributed by atoms with E-state index in [2.05, 4.69) is 5.32 Å². The van der Waals surface area contributed by atoms with Crippen LogP contribution in [0.2, 0.25) is 0 Å². The topological polar surface area (TPSA) is 136 Å². The Bertz CT molecular complexity index is 878. The Morgan fingerprint density at radius 3 is 2.40 bits per heavy atom. The molecule has 0 saturated heterocycles. The zero-order valence-electron chi connectivity index (χ0n) is 13.0. The highest BCUT2D eigenvalue weighted by Gasteiger charge is 2.12. The number of hydrogen-bond donors (Lipinski definition) is 3. The van der Waals surface area contributed by atoms with E-state index in [1.54, 1.807) is 12.1 Å². The standard InChI is InChI=1S/C16H16N2O6S/c17-25(22,23)14-3-1-2-13(8-14)18-15(20)10-24-16(21)12-6-4-11(9-19)5-7-12/h1-8,19H,9-10H2,(H,18,20)(H2,17,22,23). The van der Waals surface area contributed by atoms with Crippen LogP contribution in [0, 0.1) is 0 Å². The lowest BCUT2D eigenvalue weighted by Crippen LogP contribution is -2.21. The molecule has 8 nitrogen and oxygen atoms in total. The molecule has 2 rings (SSSR count). The molecule has 9 heteroatoms. The van der Waals surface area contributed by atoms with E-state index >= 15 is 0 Å². The first-order valence-corrected chi connectivity index (χ1v) is 8.64. The van der Waals surface area contributed by atoms with Crippen molar-refractivity contribution < 1.29 is 27.9 Å². The van der Waals surface area contributed by atoms with E-state index in [0.717, 1.165) is 0 Å². The second-order valence-electron chi connectivity index (χ2n) is 5.05. The van der Waals surface area contributed by atoms with Crippen molar-refractivity contribution in [3.8, 4) is 0 Å². The van der Waals surface area contributed by atoms with Crippen molar-refractivity contribution in [2.75, 3.05) is 11.9 Å². The lowest BCUT2D eigenvalue weighted by atomic mass is 10.1. The summed E-state index contributed by atoms with van der Waals surface area (Å²) in [6.07, 6.45) is 0. The number of esters is 1. The fourth-order valence-electron chi connectivity index (χ4n) is 1.91. The summed E-state index contributed by atoms with van der Waals surface area (Å²) in [4.78, 5) is 23.5. The Morgan fingerprint density at radius 2 is 1.80 bits per heavy atom. The Kier molecular flexibility index (Phi) is 5.86. The number of ether oxygens (including phenoxy) is 1. The first kappa shape index (κ1) is 18.6. The van der Waals surface area contributed by atoms with Crippen molar-refractivity contribution in [3.63, 3.8) is 0 Å². The van der Waals surface area contributed by atoms with Gasteiger partial charge in [-0.3, -0.25) is 4.79 Å². The molecule has 2 aromatic rings. The number of rotatable bonds is 6. The van der Waals surface area contributed by atoms with Crippen molar-refractivity contribution >= 4 is 27.6 Å². The quantitative estimate of drug-likeness (QED) is 0.643. The largest absolute Gasteiger partial charge is 0.452 e. The first-order chi connectivity index (χ1) is 11.8. The van der Waals surface area contributed by atoms with E-state index in [9.17, 15) is 18.0 Å². The highest BCUT2D eigenvalue weighted by molar-refractivity contribution is 7.89. The fourth-order valence-corrected chi connectivity index (χ4v) is 2.47. The van der Waals surface area contributed by atoms with Crippen molar-refractivity contribution in [1.29, 1.82) is 0 Å². The minimum absolute atomic E-state index is 0.144. The highest BCUT2D eigenvalue weighted by Crippen LogP contribution is 2.14. The highest BCUT2D eigenvalue weighted by atomic mass is 32.2. The average molecular weight is 364 g/mol. The van der Waals surface area contributed by atoms with Gasteiger partial charge in [0.15, 0.2) is 6.61 Å². The van der Waals surface area contributed by atoms with Gasteiger partial charge in [-0.15, -0.1) is 0 Å². The van der Waals surface area contributed by atoms with Crippen molar-refractivity contribution in [3.05, 3.63) is 59.7 Å². The number of carbonyl (C=O) groups is 2. The first-order valence-electron chi connectivity index (χ1n) is 7.09. The molecule has 0 heterocycles. The third kappa shape index (κ3) is 5.38. The number of aliphatic hydroxyl groups excluding tert-OH is 1. The van der Waals surface area contributed by atoms with E-state index < -0.39 is 28.5 Å². The molecule has 0 spiro atoms. The zero-order chi connectivity index (χ0) is 18.4. The molecule has 0 radical (unpaired) electrons. The number of aliphatic hydroxyl groups is 1. The van der Waals surface area contributed by atoms with Crippen LogP contribution in [0.25, 0.3) is 0 Å². The Labute approximate surface area is 144 Å². The van der Waals surface area contributed by atoms with Crippen LogP contribution < -0.4 is 10.5 Å². The normalized spacial score (nSPS) is 11.0. The molecular formula is C16H16N2O6S. The number of amides is 1. The van der Waals surface area contributed by atoms with Crippen molar-refractivity contribution in [2.45, 2.75) is 11.5 Å². The third-order valence-electron chi connectivity index (χ3n) is 3.15. The van der Waals surface area contributed by atoms with Gasteiger partial charge in [0.2, 0.25) is 10.0 Å². The number of nitrogens with one attached hydrogen (secondary N) is 1. The molecule has 4 N–H and O–H groups in total. The lowest BCUT2D eigenvalue weighted by molar-refractivity contribution is -0.119. The van der Waals surface area contributed by atoms with Gasteiger partial charge in [-0.25, -0.2) is 18.4 Å². The summed E-state index contributed by atoms with van der Waals surface area (Å²) in [5.41, 5.74) is 1.09. The maximum atomic E-state index is 11.8. The van der Waals surface area contributed by atoms with Crippen LogP contribution in [0.3, 0.4) is 0 Å². The van der Waals surface area contributed by atoms with Gasteiger partial charge in [-0.1, -0.05) is 18.2 Å². The summed E-state index contributed by atoms with van der Waals surface area (Å²) in [5.74, 6) is -1.33. The zero-order valence-corrected chi connectivity index (χ0v) is 13.8. The molecule has 132 valence electrons. The summed E-state index contributed by atoms with van der Waals surface area (Å²) in [7, 11) is -3.88. The Hall–Kier alpha value is -2.75. The number of anilines is 1. The van der Waals surface area contributed by atoms with Crippen LogP contribution in [-0.4, -0.2) is 32.0 Å². The monoisotopic (exact) mass is 364 g/mol. The summed E-state index contributed by atoms with van der Waals surface area (Å²) in [6.45, 7) is -0.685. The van der Waals surface area contributed by atoms with Gasteiger partial charge in [-0.2, -0.15) is 0 Å². The van der Waals surface area contributed by atoms with Gasteiger partial charge in [0.1, 0.15) is 0 Å².